The second-order valence-electron chi connectivity index (χ2n) is 5.29. The van der Waals surface area contributed by atoms with Crippen LogP contribution < -0.4 is 9.47 Å². The molecule has 1 atom stereocenters. The molecule has 1 N–H and O–H groups in total. The minimum atomic E-state index is -1.07. The number of carbonyl (C=O) groups excluding carboxylic acids is 1. The van der Waals surface area contributed by atoms with Crippen LogP contribution >= 0.6 is 11.6 Å². The lowest BCUT2D eigenvalue weighted by molar-refractivity contribution is -0.158. The van der Waals surface area contributed by atoms with E-state index < -0.39 is 12.0 Å². The van der Waals surface area contributed by atoms with Gasteiger partial charge in [-0.1, -0.05) is 11.6 Å². The quantitative estimate of drug-likeness (QED) is 0.881. The normalized spacial score (nSPS) is 20.2. The van der Waals surface area contributed by atoms with Crippen molar-refractivity contribution >= 4 is 23.5 Å². The number of hydrogen-bond acceptors (Lipinski definition) is 5. The van der Waals surface area contributed by atoms with Gasteiger partial charge in [0.15, 0.2) is 17.5 Å². The van der Waals surface area contributed by atoms with Crippen molar-refractivity contribution in [2.75, 3.05) is 33.0 Å². The first-order valence-corrected chi connectivity index (χ1v) is 7.62. The molecular formula is C15H16ClNO6. The topological polar surface area (TPSA) is 85.3 Å². The highest BCUT2D eigenvalue weighted by Crippen LogP contribution is 2.38. The van der Waals surface area contributed by atoms with Crippen molar-refractivity contribution < 1.29 is 28.9 Å². The molecule has 2 aliphatic rings. The Balaban J connectivity index is 1.77. The van der Waals surface area contributed by atoms with E-state index >= 15 is 0 Å². The van der Waals surface area contributed by atoms with E-state index in [-0.39, 0.29) is 25.5 Å². The summed E-state index contributed by atoms with van der Waals surface area (Å²) in [5.74, 6) is -0.376. The second kappa shape index (κ2) is 6.64. The summed E-state index contributed by atoms with van der Waals surface area (Å²) in [6, 6.07) is 2.39. The summed E-state index contributed by atoms with van der Waals surface area (Å²) in [6.45, 7) is 1.44. The summed E-state index contributed by atoms with van der Waals surface area (Å²) in [7, 11) is 0. The lowest BCUT2D eigenvalue weighted by atomic mass is 10.1. The molecule has 124 valence electrons. The molecule has 1 aromatic rings. The van der Waals surface area contributed by atoms with Gasteiger partial charge in [-0.05, 0) is 17.7 Å². The van der Waals surface area contributed by atoms with Gasteiger partial charge in [-0.25, -0.2) is 4.79 Å². The van der Waals surface area contributed by atoms with Crippen LogP contribution in [0.3, 0.4) is 0 Å². The second-order valence-corrected chi connectivity index (χ2v) is 5.70. The molecule has 23 heavy (non-hydrogen) atoms. The Morgan fingerprint density at radius 1 is 1.26 bits per heavy atom. The highest BCUT2D eigenvalue weighted by atomic mass is 35.5. The zero-order valence-electron chi connectivity index (χ0n) is 12.3. The third-order valence-electron chi connectivity index (χ3n) is 3.75. The summed E-state index contributed by atoms with van der Waals surface area (Å²) in [6.07, 6.45) is 0.0418. The Morgan fingerprint density at radius 2 is 2.04 bits per heavy atom. The van der Waals surface area contributed by atoms with Crippen LogP contribution in [0, 0.1) is 0 Å². The van der Waals surface area contributed by atoms with Crippen LogP contribution in [0.25, 0.3) is 0 Å². The van der Waals surface area contributed by atoms with Gasteiger partial charge in [-0.15, -0.1) is 0 Å². The molecule has 1 amide bonds. The first-order chi connectivity index (χ1) is 11.1. The maximum Gasteiger partial charge on any atom is 0.328 e. The van der Waals surface area contributed by atoms with Gasteiger partial charge >= 0.3 is 5.97 Å². The van der Waals surface area contributed by atoms with Crippen molar-refractivity contribution in [2.45, 2.75) is 12.5 Å². The van der Waals surface area contributed by atoms with Crippen LogP contribution in [-0.4, -0.2) is 60.9 Å². The van der Waals surface area contributed by atoms with Gasteiger partial charge in [0.1, 0.15) is 13.2 Å². The van der Waals surface area contributed by atoms with E-state index in [0.717, 1.165) is 0 Å². The monoisotopic (exact) mass is 341 g/mol. The van der Waals surface area contributed by atoms with E-state index in [2.05, 4.69) is 0 Å². The summed E-state index contributed by atoms with van der Waals surface area (Å²) in [4.78, 5) is 25.0. The van der Waals surface area contributed by atoms with Crippen molar-refractivity contribution in [2.24, 2.45) is 0 Å². The summed E-state index contributed by atoms with van der Waals surface area (Å²) < 4.78 is 16.1. The van der Waals surface area contributed by atoms with Crippen molar-refractivity contribution in [3.05, 3.63) is 22.7 Å². The molecule has 0 radical (unpaired) electrons. The molecule has 0 aromatic heterocycles. The van der Waals surface area contributed by atoms with Gasteiger partial charge in [0.25, 0.3) is 0 Å². The maximum atomic E-state index is 12.5. The molecule has 7 nitrogen and oxygen atoms in total. The number of amides is 1. The molecule has 0 aliphatic carbocycles. The summed E-state index contributed by atoms with van der Waals surface area (Å²) >= 11 is 6.15. The van der Waals surface area contributed by atoms with Gasteiger partial charge < -0.3 is 24.2 Å². The molecule has 1 fully saturated rings. The zero-order valence-corrected chi connectivity index (χ0v) is 13.0. The Morgan fingerprint density at radius 3 is 2.83 bits per heavy atom. The Labute approximate surface area is 137 Å². The number of carbonyl (C=O) groups is 2. The zero-order chi connectivity index (χ0) is 16.4. The van der Waals surface area contributed by atoms with Gasteiger partial charge in [0.2, 0.25) is 5.91 Å². The minimum absolute atomic E-state index is 0.00294. The van der Waals surface area contributed by atoms with Gasteiger partial charge in [0, 0.05) is 6.54 Å². The van der Waals surface area contributed by atoms with Crippen LogP contribution in [-0.2, 0) is 20.7 Å². The SMILES string of the molecule is O=C(O)[C@@H]1COCCN1C(=O)Cc1cc(Cl)c2c(c1)OCCO2. The van der Waals surface area contributed by atoms with Crippen LogP contribution in [0.15, 0.2) is 12.1 Å². The fourth-order valence-corrected chi connectivity index (χ4v) is 2.94. The smallest absolute Gasteiger partial charge is 0.328 e. The van der Waals surface area contributed by atoms with E-state index in [1.165, 1.54) is 4.90 Å². The average molecular weight is 342 g/mol. The summed E-state index contributed by atoms with van der Waals surface area (Å²) in [5.41, 5.74) is 0.653. The number of benzene rings is 1. The fraction of sp³-hybridized carbons (Fsp3) is 0.467. The fourth-order valence-electron chi connectivity index (χ4n) is 2.65. The molecule has 2 heterocycles. The number of hydrogen-bond donors (Lipinski definition) is 1. The van der Waals surface area contributed by atoms with Crippen molar-refractivity contribution in [1.29, 1.82) is 0 Å². The molecule has 0 saturated carbocycles. The molecule has 0 spiro atoms. The standard InChI is InChI=1S/C15H16ClNO6/c16-10-5-9(6-12-14(10)23-4-3-22-12)7-13(18)17-1-2-21-8-11(17)15(19)20/h5-6,11H,1-4,7-8H2,(H,19,20)/t11-/m0/s1. The maximum absolute atomic E-state index is 12.5. The Hall–Kier alpha value is -1.99. The molecule has 0 unspecified atom stereocenters. The minimum Gasteiger partial charge on any atom is -0.486 e. The van der Waals surface area contributed by atoms with Crippen LogP contribution in [0.5, 0.6) is 11.5 Å². The molecular weight excluding hydrogens is 326 g/mol. The molecule has 0 bridgehead atoms. The van der Waals surface area contributed by atoms with Crippen LogP contribution in [0.1, 0.15) is 5.56 Å². The largest absolute Gasteiger partial charge is 0.486 e. The molecule has 2 aliphatic heterocycles. The van der Waals surface area contributed by atoms with Crippen LogP contribution in [0.2, 0.25) is 5.02 Å². The molecule has 3 rings (SSSR count). The highest BCUT2D eigenvalue weighted by Gasteiger charge is 2.32. The van der Waals surface area contributed by atoms with Gasteiger partial charge in [-0.2, -0.15) is 0 Å². The number of fused-ring (bicyclic) bond motifs is 1. The number of ether oxygens (including phenoxy) is 3. The molecule has 8 heteroatoms. The third-order valence-corrected chi connectivity index (χ3v) is 4.03. The Kier molecular flexibility index (Phi) is 4.58. The van der Waals surface area contributed by atoms with Crippen molar-refractivity contribution in [3.63, 3.8) is 0 Å². The predicted octanol–water partition coefficient (Wildman–Crippen LogP) is 0.966. The number of rotatable bonds is 3. The van der Waals surface area contributed by atoms with Gasteiger partial charge in [-0.3, -0.25) is 4.79 Å². The Bertz CT molecular complexity index is 635. The number of halogens is 1. The number of carboxylic acids is 1. The van der Waals surface area contributed by atoms with E-state index in [4.69, 9.17) is 25.8 Å². The average Bonchev–Trinajstić information content (AvgIpc) is 2.55. The predicted molar refractivity (Wildman–Crippen MR) is 80.1 cm³/mol. The highest BCUT2D eigenvalue weighted by molar-refractivity contribution is 6.32. The van der Waals surface area contributed by atoms with E-state index in [9.17, 15) is 14.7 Å². The lowest BCUT2D eigenvalue weighted by Gasteiger charge is -2.33. The van der Waals surface area contributed by atoms with E-state index in [1.807, 2.05) is 0 Å². The lowest BCUT2D eigenvalue weighted by Crippen LogP contribution is -2.53. The molecule has 1 aromatic carbocycles. The van der Waals surface area contributed by atoms with Crippen LogP contribution in [0.4, 0.5) is 0 Å². The first-order valence-electron chi connectivity index (χ1n) is 7.24. The van der Waals surface area contributed by atoms with E-state index in [0.29, 0.717) is 41.9 Å². The third kappa shape index (κ3) is 3.35. The number of morpholine rings is 1. The van der Waals surface area contributed by atoms with Gasteiger partial charge in [0.05, 0.1) is 24.7 Å². The van der Waals surface area contributed by atoms with Crippen molar-refractivity contribution in [3.8, 4) is 11.5 Å². The molecule has 1 saturated heterocycles. The first kappa shape index (κ1) is 15.9. The summed E-state index contributed by atoms with van der Waals surface area (Å²) in [5, 5.41) is 9.57. The van der Waals surface area contributed by atoms with E-state index in [1.54, 1.807) is 12.1 Å². The number of carboxylic acid groups (broad SMARTS) is 1. The number of nitrogens with zero attached hydrogens (tertiary/aromatic N) is 1. The van der Waals surface area contributed by atoms with Crippen molar-refractivity contribution in [1.82, 2.24) is 4.90 Å². The number of aliphatic carboxylic acids is 1.